The molecule has 0 spiro atoms. The molecule has 0 aliphatic rings. The molecule has 0 saturated heterocycles. The number of aromatic nitrogens is 2. The Morgan fingerprint density at radius 1 is 1.56 bits per heavy atom. The van der Waals surface area contributed by atoms with Crippen LogP contribution in [-0.4, -0.2) is 15.5 Å². The van der Waals surface area contributed by atoms with Crippen molar-refractivity contribution in [1.29, 1.82) is 5.41 Å². The fourth-order valence-corrected chi connectivity index (χ4v) is 1.84. The minimum Gasteiger partial charge on any atom is -0.365 e. The van der Waals surface area contributed by atoms with Crippen LogP contribution in [-0.2, 0) is 6.54 Å². The van der Waals surface area contributed by atoms with Crippen molar-refractivity contribution in [3.05, 3.63) is 58.4 Å². The van der Waals surface area contributed by atoms with Crippen molar-refractivity contribution in [2.75, 3.05) is 0 Å². The molecule has 0 aliphatic heterocycles. The number of carbonyl (C=O) groups is 1. The summed E-state index contributed by atoms with van der Waals surface area (Å²) in [5, 5.41) is 8.27. The van der Waals surface area contributed by atoms with Gasteiger partial charge in [0.15, 0.2) is 0 Å². The highest BCUT2D eigenvalue weighted by atomic mass is 35.5. The minimum absolute atomic E-state index is 0.0377. The van der Waals surface area contributed by atoms with Crippen molar-refractivity contribution in [2.24, 2.45) is 5.73 Å². The average Bonchev–Trinajstić information content (AvgIpc) is 2.34. The Morgan fingerprint density at radius 2 is 2.33 bits per heavy atom. The van der Waals surface area contributed by atoms with Crippen LogP contribution in [0.15, 0.2) is 36.8 Å². The first-order valence-corrected chi connectivity index (χ1v) is 5.59. The van der Waals surface area contributed by atoms with E-state index in [1.165, 1.54) is 6.07 Å². The first-order valence-electron chi connectivity index (χ1n) is 5.21. The van der Waals surface area contributed by atoms with E-state index >= 15 is 0 Å². The Balaban J connectivity index is 2.46. The van der Waals surface area contributed by atoms with Crippen molar-refractivity contribution in [2.45, 2.75) is 6.54 Å². The van der Waals surface area contributed by atoms with Gasteiger partial charge in [-0.25, -0.2) is 0 Å². The number of hydrogen-bond donors (Lipinski definition) is 2. The molecule has 1 amide bonds. The van der Waals surface area contributed by atoms with Crippen LogP contribution in [0.3, 0.4) is 0 Å². The molecule has 0 aromatic carbocycles. The van der Waals surface area contributed by atoms with Crippen molar-refractivity contribution in [3.8, 4) is 0 Å². The number of hydrogen-bond acceptors (Lipinski definition) is 3. The maximum Gasteiger partial charge on any atom is 0.252 e. The van der Waals surface area contributed by atoms with E-state index < -0.39 is 5.91 Å². The van der Waals surface area contributed by atoms with Gasteiger partial charge in [0.05, 0.1) is 17.1 Å². The van der Waals surface area contributed by atoms with Crippen molar-refractivity contribution in [1.82, 2.24) is 9.55 Å². The summed E-state index contributed by atoms with van der Waals surface area (Å²) in [7, 11) is 0. The van der Waals surface area contributed by atoms with Gasteiger partial charge >= 0.3 is 0 Å². The van der Waals surface area contributed by atoms with Gasteiger partial charge in [-0.3, -0.25) is 15.2 Å². The van der Waals surface area contributed by atoms with Gasteiger partial charge in [-0.1, -0.05) is 17.7 Å². The Hall–Kier alpha value is -2.14. The second-order valence-corrected chi connectivity index (χ2v) is 4.21. The van der Waals surface area contributed by atoms with Gasteiger partial charge in [0.2, 0.25) is 0 Å². The third-order valence-electron chi connectivity index (χ3n) is 2.44. The van der Waals surface area contributed by atoms with Crippen LogP contribution in [0.25, 0.3) is 0 Å². The lowest BCUT2D eigenvalue weighted by Gasteiger charge is -2.09. The summed E-state index contributed by atoms with van der Waals surface area (Å²) in [6, 6.07) is 5.08. The predicted molar refractivity (Wildman–Crippen MR) is 67.2 cm³/mol. The SMILES string of the molecule is N=c1c(C(N)=O)cc(Cl)cn1Cc1cccnc1. The molecule has 2 rings (SSSR count). The van der Waals surface area contributed by atoms with Crippen molar-refractivity contribution < 1.29 is 4.79 Å². The highest BCUT2D eigenvalue weighted by Crippen LogP contribution is 2.08. The monoisotopic (exact) mass is 262 g/mol. The number of pyridine rings is 2. The second-order valence-electron chi connectivity index (χ2n) is 3.77. The van der Waals surface area contributed by atoms with E-state index in [4.69, 9.17) is 22.7 Å². The number of rotatable bonds is 3. The highest BCUT2D eigenvalue weighted by Gasteiger charge is 2.08. The lowest BCUT2D eigenvalue weighted by atomic mass is 10.2. The van der Waals surface area contributed by atoms with E-state index in [2.05, 4.69) is 4.98 Å². The summed E-state index contributed by atoms with van der Waals surface area (Å²) in [5.41, 5.74) is 6.25. The molecule has 2 heterocycles. The van der Waals surface area contributed by atoms with Gasteiger partial charge in [0.25, 0.3) is 5.91 Å². The summed E-state index contributed by atoms with van der Waals surface area (Å²) in [6.45, 7) is 0.410. The molecule has 0 bridgehead atoms. The predicted octanol–water partition coefficient (Wildman–Crippen LogP) is 1.16. The molecule has 0 fully saturated rings. The Kier molecular flexibility index (Phi) is 3.43. The van der Waals surface area contributed by atoms with Crippen molar-refractivity contribution >= 4 is 17.5 Å². The van der Waals surface area contributed by atoms with E-state index in [0.717, 1.165) is 5.56 Å². The summed E-state index contributed by atoms with van der Waals surface area (Å²) < 4.78 is 1.56. The van der Waals surface area contributed by atoms with Gasteiger partial charge in [-0.05, 0) is 17.7 Å². The molecule has 2 aromatic rings. The minimum atomic E-state index is -0.664. The van der Waals surface area contributed by atoms with Crippen LogP contribution in [0.2, 0.25) is 5.02 Å². The van der Waals surface area contributed by atoms with E-state index in [1.54, 1.807) is 29.2 Å². The maximum absolute atomic E-state index is 11.2. The first kappa shape index (κ1) is 12.3. The van der Waals surface area contributed by atoms with Gasteiger partial charge in [0, 0.05) is 18.6 Å². The third-order valence-corrected chi connectivity index (χ3v) is 2.65. The molecule has 0 radical (unpaired) electrons. The van der Waals surface area contributed by atoms with Crippen LogP contribution < -0.4 is 11.2 Å². The lowest BCUT2D eigenvalue weighted by molar-refractivity contribution is 0.0998. The van der Waals surface area contributed by atoms with Crippen LogP contribution in [0.5, 0.6) is 0 Å². The summed E-state index contributed by atoms with van der Waals surface area (Å²) in [4.78, 5) is 15.2. The Morgan fingerprint density at radius 3 is 2.94 bits per heavy atom. The maximum atomic E-state index is 11.2. The summed E-state index contributed by atoms with van der Waals surface area (Å²) in [6.07, 6.45) is 4.95. The van der Waals surface area contributed by atoms with E-state index in [9.17, 15) is 4.79 Å². The molecule has 92 valence electrons. The molecule has 0 aliphatic carbocycles. The van der Waals surface area contributed by atoms with Crippen LogP contribution in [0.1, 0.15) is 15.9 Å². The molecular formula is C12H11ClN4O. The smallest absolute Gasteiger partial charge is 0.252 e. The standard InChI is InChI=1S/C12H11ClN4O/c13-9-4-10(12(15)18)11(14)17(7-9)6-8-2-1-3-16-5-8/h1-5,7,14H,6H2,(H2,15,18). The number of primary amides is 1. The van der Waals surface area contributed by atoms with E-state index in [1.807, 2.05) is 6.07 Å². The molecule has 0 atom stereocenters. The van der Waals surface area contributed by atoms with Gasteiger partial charge in [-0.15, -0.1) is 0 Å². The van der Waals surface area contributed by atoms with Crippen LogP contribution in [0, 0.1) is 5.41 Å². The van der Waals surface area contributed by atoms with Gasteiger partial charge < -0.3 is 10.3 Å². The fraction of sp³-hybridized carbons (Fsp3) is 0.0833. The van der Waals surface area contributed by atoms with E-state index in [0.29, 0.717) is 11.6 Å². The number of nitrogens with one attached hydrogen (secondary N) is 1. The zero-order chi connectivity index (χ0) is 13.1. The normalized spacial score (nSPS) is 10.3. The molecule has 5 nitrogen and oxygen atoms in total. The number of carbonyl (C=O) groups excluding carboxylic acids is 1. The molecular weight excluding hydrogens is 252 g/mol. The summed E-state index contributed by atoms with van der Waals surface area (Å²) >= 11 is 5.90. The third kappa shape index (κ3) is 2.57. The number of amides is 1. The fourth-order valence-electron chi connectivity index (χ4n) is 1.61. The Labute approximate surface area is 108 Å². The molecule has 3 N–H and O–H groups in total. The highest BCUT2D eigenvalue weighted by molar-refractivity contribution is 6.30. The molecule has 2 aromatic heterocycles. The average molecular weight is 263 g/mol. The van der Waals surface area contributed by atoms with Gasteiger partial charge in [-0.2, -0.15) is 0 Å². The number of nitrogens with zero attached hydrogens (tertiary/aromatic N) is 2. The molecule has 6 heteroatoms. The summed E-state index contributed by atoms with van der Waals surface area (Å²) in [5.74, 6) is -0.664. The molecule has 0 saturated carbocycles. The number of halogens is 1. The Bertz CT molecular complexity index is 636. The molecule has 18 heavy (non-hydrogen) atoms. The van der Waals surface area contributed by atoms with Crippen LogP contribution in [0.4, 0.5) is 0 Å². The second kappa shape index (κ2) is 5.01. The quantitative estimate of drug-likeness (QED) is 0.870. The largest absolute Gasteiger partial charge is 0.365 e. The first-order chi connectivity index (χ1) is 8.58. The lowest BCUT2D eigenvalue weighted by Crippen LogP contribution is -2.29. The van der Waals surface area contributed by atoms with Crippen LogP contribution >= 0.6 is 11.6 Å². The molecule has 0 unspecified atom stereocenters. The van der Waals surface area contributed by atoms with Crippen molar-refractivity contribution in [3.63, 3.8) is 0 Å². The zero-order valence-electron chi connectivity index (χ0n) is 9.43. The number of nitrogens with two attached hydrogens (primary N) is 1. The van der Waals surface area contributed by atoms with Gasteiger partial charge in [0.1, 0.15) is 5.49 Å². The topological polar surface area (TPSA) is 84.8 Å². The van der Waals surface area contributed by atoms with E-state index in [-0.39, 0.29) is 11.1 Å². The zero-order valence-corrected chi connectivity index (χ0v) is 10.2.